The van der Waals surface area contributed by atoms with Crippen molar-refractivity contribution in [1.29, 1.82) is 0 Å². The number of hydrogen-bond acceptors (Lipinski definition) is 1. The zero-order chi connectivity index (χ0) is 8.55. The number of piperidine rings is 1. The first-order valence-corrected chi connectivity index (χ1v) is 6.18. The predicted octanol–water partition coefficient (Wildman–Crippen LogP) is 2.36. The van der Waals surface area contributed by atoms with Crippen LogP contribution in [-0.2, 0) is 0 Å². The van der Waals surface area contributed by atoms with Gasteiger partial charge in [0.15, 0.2) is 0 Å². The Balaban J connectivity index is 1.99. The van der Waals surface area contributed by atoms with Crippen LogP contribution in [0, 0.1) is 17.8 Å². The zero-order valence-electron chi connectivity index (χ0n) is 7.80. The summed E-state index contributed by atoms with van der Waals surface area (Å²) in [5, 5.41) is 1.20. The van der Waals surface area contributed by atoms with E-state index in [-0.39, 0.29) is 0 Å². The molecule has 1 nitrogen and oxygen atoms in total. The number of rotatable bonds is 2. The largest absolute Gasteiger partial charge is 0.306 e. The number of halogens is 1. The van der Waals surface area contributed by atoms with E-state index in [2.05, 4.69) is 27.9 Å². The Morgan fingerprint density at radius 3 is 2.33 bits per heavy atom. The Bertz CT molecular complexity index is 146. The number of hydrogen-bond donors (Lipinski definition) is 0. The molecule has 0 spiro atoms. The van der Waals surface area contributed by atoms with Crippen LogP contribution in [0.2, 0.25) is 0 Å². The lowest BCUT2D eigenvalue weighted by Gasteiger charge is -2.35. The summed E-state index contributed by atoms with van der Waals surface area (Å²) < 4.78 is 0. The molecule has 2 fully saturated rings. The fourth-order valence-corrected chi connectivity index (χ4v) is 3.70. The van der Waals surface area contributed by atoms with Gasteiger partial charge in [-0.3, -0.25) is 0 Å². The summed E-state index contributed by atoms with van der Waals surface area (Å²) in [4.78, 5) is 2.52. The van der Waals surface area contributed by atoms with E-state index in [1.54, 1.807) is 0 Å². The minimum atomic E-state index is 1.02. The molecule has 0 radical (unpaired) electrons. The first kappa shape index (κ1) is 9.01. The summed E-state index contributed by atoms with van der Waals surface area (Å²) in [6, 6.07) is 0. The molecule has 1 heterocycles. The summed E-state index contributed by atoms with van der Waals surface area (Å²) >= 11 is 3.57. The lowest BCUT2D eigenvalue weighted by molar-refractivity contribution is 0.131. The van der Waals surface area contributed by atoms with Crippen LogP contribution in [0.3, 0.4) is 0 Å². The molecule has 1 aliphatic carbocycles. The van der Waals surface area contributed by atoms with Gasteiger partial charge in [-0.05, 0) is 44.1 Å². The van der Waals surface area contributed by atoms with Crippen molar-refractivity contribution in [2.24, 2.45) is 17.8 Å². The average molecular weight is 232 g/mol. The van der Waals surface area contributed by atoms with Crippen LogP contribution < -0.4 is 0 Å². The molecule has 2 heteroatoms. The van der Waals surface area contributed by atoms with Crippen molar-refractivity contribution in [2.75, 3.05) is 25.5 Å². The molecule has 70 valence electrons. The Morgan fingerprint density at radius 1 is 1.25 bits per heavy atom. The van der Waals surface area contributed by atoms with E-state index in [9.17, 15) is 0 Å². The molecular formula is C10H18BrN. The number of nitrogens with zero attached hydrogens (tertiary/aromatic N) is 1. The molecule has 2 aliphatic rings. The fraction of sp³-hybridized carbons (Fsp3) is 1.00. The number of likely N-dealkylation sites (tertiary alicyclic amines) is 1. The van der Waals surface area contributed by atoms with Crippen LogP contribution in [0.15, 0.2) is 0 Å². The van der Waals surface area contributed by atoms with Crippen molar-refractivity contribution in [2.45, 2.75) is 19.3 Å². The highest BCUT2D eigenvalue weighted by molar-refractivity contribution is 9.09. The van der Waals surface area contributed by atoms with Gasteiger partial charge >= 0.3 is 0 Å². The van der Waals surface area contributed by atoms with Crippen molar-refractivity contribution in [3.05, 3.63) is 0 Å². The lowest BCUT2D eigenvalue weighted by Crippen LogP contribution is -2.39. The van der Waals surface area contributed by atoms with E-state index in [0.717, 1.165) is 17.8 Å². The van der Waals surface area contributed by atoms with Gasteiger partial charge in [0.25, 0.3) is 0 Å². The summed E-state index contributed by atoms with van der Waals surface area (Å²) in [5.74, 6) is 3.08. The lowest BCUT2D eigenvalue weighted by atomic mass is 9.83. The molecule has 1 saturated carbocycles. The van der Waals surface area contributed by atoms with E-state index in [1.165, 1.54) is 37.7 Å². The maximum Gasteiger partial charge on any atom is 0.00341 e. The average Bonchev–Trinajstić information content (AvgIpc) is 2.32. The highest BCUT2D eigenvalue weighted by Crippen LogP contribution is 2.43. The van der Waals surface area contributed by atoms with Gasteiger partial charge in [0.1, 0.15) is 0 Å². The Hall–Kier alpha value is 0.440. The minimum absolute atomic E-state index is 1.02. The van der Waals surface area contributed by atoms with Gasteiger partial charge in [0.05, 0.1) is 0 Å². The van der Waals surface area contributed by atoms with Gasteiger partial charge < -0.3 is 4.90 Å². The molecule has 2 rings (SSSR count). The van der Waals surface area contributed by atoms with E-state index < -0.39 is 0 Å². The van der Waals surface area contributed by atoms with Crippen molar-refractivity contribution >= 4 is 15.9 Å². The monoisotopic (exact) mass is 231 g/mol. The smallest absolute Gasteiger partial charge is 0.00341 e. The van der Waals surface area contributed by atoms with Gasteiger partial charge in [0, 0.05) is 18.4 Å². The first-order chi connectivity index (χ1) is 5.81. The number of fused-ring (bicyclic) bond motifs is 2. The molecule has 2 bridgehead atoms. The van der Waals surface area contributed by atoms with E-state index in [0.29, 0.717) is 0 Å². The molecular weight excluding hydrogens is 214 g/mol. The molecule has 0 aromatic rings. The highest BCUT2D eigenvalue weighted by Gasteiger charge is 2.39. The number of alkyl halides is 1. The molecule has 0 N–H and O–H groups in total. The van der Waals surface area contributed by atoms with Crippen LogP contribution in [0.25, 0.3) is 0 Å². The van der Waals surface area contributed by atoms with Gasteiger partial charge in [-0.1, -0.05) is 15.9 Å². The highest BCUT2D eigenvalue weighted by atomic mass is 79.9. The second-order valence-electron chi connectivity index (χ2n) is 4.46. The van der Waals surface area contributed by atoms with Crippen LogP contribution >= 0.6 is 15.9 Å². The third-order valence-electron chi connectivity index (χ3n) is 3.65. The molecule has 12 heavy (non-hydrogen) atoms. The van der Waals surface area contributed by atoms with E-state index >= 15 is 0 Å². The predicted molar refractivity (Wildman–Crippen MR) is 55.6 cm³/mol. The molecule has 2 unspecified atom stereocenters. The third kappa shape index (κ3) is 1.56. The topological polar surface area (TPSA) is 3.24 Å². The van der Waals surface area contributed by atoms with Crippen LogP contribution in [-0.4, -0.2) is 30.4 Å². The maximum atomic E-state index is 3.57. The molecule has 2 atom stereocenters. The van der Waals surface area contributed by atoms with Crippen LogP contribution in [0.1, 0.15) is 19.3 Å². The van der Waals surface area contributed by atoms with Crippen LogP contribution in [0.5, 0.6) is 0 Å². The molecule has 1 saturated heterocycles. The molecule has 1 aliphatic heterocycles. The minimum Gasteiger partial charge on any atom is -0.306 e. The Kier molecular flexibility index (Phi) is 2.75. The Morgan fingerprint density at radius 2 is 1.83 bits per heavy atom. The van der Waals surface area contributed by atoms with Crippen molar-refractivity contribution < 1.29 is 0 Å². The fourth-order valence-electron chi connectivity index (χ4n) is 3.17. The van der Waals surface area contributed by atoms with Gasteiger partial charge in [0.2, 0.25) is 0 Å². The first-order valence-electron chi connectivity index (χ1n) is 5.05. The SMILES string of the molecule is CN1CC2CCC(C1)C2CCBr. The van der Waals surface area contributed by atoms with Gasteiger partial charge in [-0.15, -0.1) is 0 Å². The molecule has 0 amide bonds. The van der Waals surface area contributed by atoms with Gasteiger partial charge in [-0.25, -0.2) is 0 Å². The standard InChI is InChI=1S/C10H18BrN/c1-12-6-8-2-3-9(7-12)10(8)4-5-11/h8-10H,2-7H2,1H3. The normalized spacial score (nSPS) is 42.0. The van der Waals surface area contributed by atoms with Crippen molar-refractivity contribution in [1.82, 2.24) is 4.90 Å². The third-order valence-corrected chi connectivity index (χ3v) is 4.11. The van der Waals surface area contributed by atoms with Crippen molar-refractivity contribution in [3.63, 3.8) is 0 Å². The van der Waals surface area contributed by atoms with E-state index in [1.807, 2.05) is 0 Å². The summed E-state index contributed by atoms with van der Waals surface area (Å²) in [6.45, 7) is 2.71. The quantitative estimate of drug-likeness (QED) is 0.660. The van der Waals surface area contributed by atoms with E-state index in [4.69, 9.17) is 0 Å². The summed E-state index contributed by atoms with van der Waals surface area (Å²) in [7, 11) is 2.27. The van der Waals surface area contributed by atoms with Crippen molar-refractivity contribution in [3.8, 4) is 0 Å². The summed E-state index contributed by atoms with van der Waals surface area (Å²) in [5.41, 5.74) is 0. The van der Waals surface area contributed by atoms with Crippen LogP contribution in [0.4, 0.5) is 0 Å². The zero-order valence-corrected chi connectivity index (χ0v) is 9.39. The molecule has 0 aromatic heterocycles. The molecule has 0 aromatic carbocycles. The van der Waals surface area contributed by atoms with Gasteiger partial charge in [-0.2, -0.15) is 0 Å². The summed E-state index contributed by atoms with van der Waals surface area (Å²) in [6.07, 6.45) is 4.39. The Labute approximate surface area is 83.6 Å². The second-order valence-corrected chi connectivity index (χ2v) is 5.25. The maximum absolute atomic E-state index is 3.57. The second kappa shape index (κ2) is 3.67.